The molecule has 1 atom stereocenters. The van der Waals surface area contributed by atoms with E-state index >= 15 is 0 Å². The average Bonchev–Trinajstić information content (AvgIpc) is 3.04. The smallest absolute Gasteiger partial charge is 0.300 e. The van der Waals surface area contributed by atoms with E-state index in [0.29, 0.717) is 11.4 Å². The molecule has 32 heavy (non-hydrogen) atoms. The number of nitrogens with zero attached hydrogens (tertiary/aromatic N) is 1. The van der Waals surface area contributed by atoms with Crippen LogP contribution in [-0.2, 0) is 9.59 Å². The number of Topliss-reactive ketones (excluding diaryl/α,β-unsaturated/α-hetero) is 1. The predicted molar refractivity (Wildman–Crippen MR) is 120 cm³/mol. The van der Waals surface area contributed by atoms with E-state index in [1.54, 1.807) is 42.5 Å². The number of benzene rings is 3. The van der Waals surface area contributed by atoms with E-state index in [0.717, 1.165) is 11.1 Å². The molecule has 0 radical (unpaired) electrons. The minimum atomic E-state index is -1.14. The summed E-state index contributed by atoms with van der Waals surface area (Å²) in [5, 5.41) is 11.3. The van der Waals surface area contributed by atoms with Crippen molar-refractivity contribution in [2.75, 3.05) is 12.0 Å². The molecule has 1 saturated heterocycles. The van der Waals surface area contributed by atoms with Gasteiger partial charge in [0.15, 0.2) is 0 Å². The number of anilines is 1. The van der Waals surface area contributed by atoms with Gasteiger partial charge in [-0.3, -0.25) is 14.5 Å². The topological polar surface area (TPSA) is 66.8 Å². The maximum Gasteiger partial charge on any atom is 0.300 e. The van der Waals surface area contributed by atoms with Gasteiger partial charge in [-0.05, 0) is 49.7 Å². The van der Waals surface area contributed by atoms with Crippen molar-refractivity contribution < 1.29 is 23.8 Å². The van der Waals surface area contributed by atoms with Gasteiger partial charge in [-0.25, -0.2) is 4.39 Å². The Labute approximate surface area is 185 Å². The van der Waals surface area contributed by atoms with E-state index in [1.165, 1.54) is 30.2 Å². The molecular weight excluding hydrogens is 409 g/mol. The minimum absolute atomic E-state index is 0.112. The largest absolute Gasteiger partial charge is 0.507 e. The molecule has 0 spiro atoms. The van der Waals surface area contributed by atoms with Gasteiger partial charge in [0.05, 0.1) is 24.3 Å². The fourth-order valence-electron chi connectivity index (χ4n) is 4.02. The Bertz CT molecular complexity index is 1260. The number of rotatable bonds is 4. The fourth-order valence-corrected chi connectivity index (χ4v) is 4.02. The first-order chi connectivity index (χ1) is 15.3. The number of hydrogen-bond donors (Lipinski definition) is 1. The van der Waals surface area contributed by atoms with Crippen molar-refractivity contribution in [3.8, 4) is 5.75 Å². The van der Waals surface area contributed by atoms with Crippen molar-refractivity contribution >= 4 is 23.1 Å². The minimum Gasteiger partial charge on any atom is -0.507 e. The van der Waals surface area contributed by atoms with Crippen LogP contribution in [0.2, 0.25) is 0 Å². The van der Waals surface area contributed by atoms with Gasteiger partial charge in [0.1, 0.15) is 17.3 Å². The lowest BCUT2D eigenvalue weighted by atomic mass is 9.94. The zero-order chi connectivity index (χ0) is 23.0. The Kier molecular flexibility index (Phi) is 5.53. The maximum atomic E-state index is 14.9. The number of aryl methyl sites for hydroxylation is 2. The molecular formula is C26H22FNO4. The van der Waals surface area contributed by atoms with Gasteiger partial charge < -0.3 is 9.84 Å². The van der Waals surface area contributed by atoms with Crippen molar-refractivity contribution in [1.82, 2.24) is 0 Å². The van der Waals surface area contributed by atoms with Crippen LogP contribution in [0.15, 0.2) is 72.3 Å². The summed E-state index contributed by atoms with van der Waals surface area (Å²) in [6.45, 7) is 3.69. The van der Waals surface area contributed by atoms with Crippen LogP contribution >= 0.6 is 0 Å². The lowest BCUT2D eigenvalue weighted by molar-refractivity contribution is -0.132. The second-order valence-electron chi connectivity index (χ2n) is 7.73. The maximum absolute atomic E-state index is 14.9. The number of aliphatic hydroxyl groups excluding tert-OH is 1. The molecule has 0 aromatic heterocycles. The molecule has 0 aliphatic carbocycles. The number of halogens is 1. The molecule has 1 unspecified atom stereocenters. The molecule has 0 bridgehead atoms. The molecule has 1 heterocycles. The van der Waals surface area contributed by atoms with E-state index in [2.05, 4.69) is 0 Å². The molecule has 1 fully saturated rings. The number of carbonyl (C=O) groups excluding carboxylic acids is 2. The second kappa shape index (κ2) is 8.30. The highest BCUT2D eigenvalue weighted by Crippen LogP contribution is 2.44. The van der Waals surface area contributed by atoms with Crippen molar-refractivity contribution in [3.05, 3.63) is 100 Å². The zero-order valence-corrected chi connectivity index (χ0v) is 17.9. The number of carbonyl (C=O) groups is 2. The third-order valence-corrected chi connectivity index (χ3v) is 5.53. The first kappa shape index (κ1) is 21.3. The number of ketones is 1. The molecule has 1 aliphatic heterocycles. The lowest BCUT2D eigenvalue weighted by Crippen LogP contribution is -2.29. The van der Waals surface area contributed by atoms with Crippen LogP contribution in [0, 0.1) is 19.7 Å². The van der Waals surface area contributed by atoms with Crippen LogP contribution in [0.1, 0.15) is 28.3 Å². The van der Waals surface area contributed by atoms with Gasteiger partial charge in [0.2, 0.25) is 0 Å². The summed E-state index contributed by atoms with van der Waals surface area (Å²) in [6.07, 6.45) is 0. The number of hydrogen-bond acceptors (Lipinski definition) is 4. The normalized spacial score (nSPS) is 17.6. The van der Waals surface area contributed by atoms with Crippen molar-refractivity contribution in [2.24, 2.45) is 0 Å². The molecule has 4 rings (SSSR count). The van der Waals surface area contributed by atoms with E-state index in [9.17, 15) is 19.1 Å². The number of aliphatic hydroxyl groups is 1. The number of ether oxygens (including phenoxy) is 1. The van der Waals surface area contributed by atoms with Gasteiger partial charge >= 0.3 is 0 Å². The molecule has 1 N–H and O–H groups in total. The van der Waals surface area contributed by atoms with Crippen molar-refractivity contribution in [2.45, 2.75) is 19.9 Å². The van der Waals surface area contributed by atoms with Crippen LogP contribution in [0.3, 0.4) is 0 Å². The summed E-state index contributed by atoms with van der Waals surface area (Å²) >= 11 is 0. The first-order valence-corrected chi connectivity index (χ1v) is 10.1. The van der Waals surface area contributed by atoms with Crippen LogP contribution < -0.4 is 9.64 Å². The van der Waals surface area contributed by atoms with E-state index < -0.39 is 29.3 Å². The Morgan fingerprint density at radius 1 is 0.969 bits per heavy atom. The summed E-state index contributed by atoms with van der Waals surface area (Å²) in [5.41, 5.74) is 2.32. The van der Waals surface area contributed by atoms with Gasteiger partial charge in [-0.15, -0.1) is 0 Å². The van der Waals surface area contributed by atoms with Gasteiger partial charge in [0.25, 0.3) is 11.7 Å². The number of amides is 1. The summed E-state index contributed by atoms with van der Waals surface area (Å²) in [7, 11) is 1.45. The van der Waals surface area contributed by atoms with Crippen molar-refractivity contribution in [1.29, 1.82) is 0 Å². The second-order valence-corrected chi connectivity index (χ2v) is 7.73. The highest BCUT2D eigenvalue weighted by Gasteiger charge is 2.48. The van der Waals surface area contributed by atoms with Crippen LogP contribution in [0.5, 0.6) is 5.75 Å². The fraction of sp³-hybridized carbons (Fsp3) is 0.154. The van der Waals surface area contributed by atoms with Crippen LogP contribution in [0.4, 0.5) is 10.1 Å². The first-order valence-electron chi connectivity index (χ1n) is 10.1. The Morgan fingerprint density at radius 2 is 1.69 bits per heavy atom. The predicted octanol–water partition coefficient (Wildman–Crippen LogP) is 5.08. The molecule has 3 aromatic carbocycles. The molecule has 162 valence electrons. The van der Waals surface area contributed by atoms with Gasteiger partial charge in [-0.2, -0.15) is 0 Å². The van der Waals surface area contributed by atoms with Crippen LogP contribution in [0.25, 0.3) is 5.76 Å². The van der Waals surface area contributed by atoms with Gasteiger partial charge in [-0.1, -0.05) is 42.0 Å². The standard InChI is InChI=1S/C26H22FNO4/c1-15-7-6-8-17(13-15)28-23(18-9-4-5-10-20(18)27)22(25(30)26(28)31)24(29)19-14-16(2)11-12-21(19)32-3/h4-14,23,29H,1-3H3/b24-22+. The molecule has 5 nitrogen and oxygen atoms in total. The SMILES string of the molecule is COc1ccc(C)cc1/C(O)=C1\C(=O)C(=O)N(c2cccc(C)c2)C1c1ccccc1F. The Hall–Kier alpha value is -3.93. The summed E-state index contributed by atoms with van der Waals surface area (Å²) in [6, 6.07) is 17.0. The summed E-state index contributed by atoms with van der Waals surface area (Å²) in [5.74, 6) is -2.38. The highest BCUT2D eigenvalue weighted by molar-refractivity contribution is 6.51. The molecule has 1 amide bonds. The zero-order valence-electron chi connectivity index (χ0n) is 17.9. The lowest BCUT2D eigenvalue weighted by Gasteiger charge is -2.26. The molecule has 3 aromatic rings. The average molecular weight is 431 g/mol. The third kappa shape index (κ3) is 3.54. The monoisotopic (exact) mass is 431 g/mol. The van der Waals surface area contributed by atoms with Crippen LogP contribution in [-0.4, -0.2) is 23.9 Å². The van der Waals surface area contributed by atoms with E-state index in [1.807, 2.05) is 19.9 Å². The molecule has 6 heteroatoms. The van der Waals surface area contributed by atoms with Crippen molar-refractivity contribution in [3.63, 3.8) is 0 Å². The summed E-state index contributed by atoms with van der Waals surface area (Å²) < 4.78 is 20.3. The van der Waals surface area contributed by atoms with E-state index in [-0.39, 0.29) is 16.7 Å². The molecule has 0 saturated carbocycles. The van der Waals surface area contributed by atoms with Gasteiger partial charge in [0, 0.05) is 11.3 Å². The molecule has 1 aliphatic rings. The third-order valence-electron chi connectivity index (χ3n) is 5.53. The Balaban J connectivity index is 2.02. The highest BCUT2D eigenvalue weighted by atomic mass is 19.1. The quantitative estimate of drug-likeness (QED) is 0.356. The number of methoxy groups -OCH3 is 1. The summed E-state index contributed by atoms with van der Waals surface area (Å²) in [4.78, 5) is 27.6. The van der Waals surface area contributed by atoms with E-state index in [4.69, 9.17) is 4.74 Å². The Morgan fingerprint density at radius 3 is 2.38 bits per heavy atom.